The van der Waals surface area contributed by atoms with E-state index >= 15 is 0 Å². The molecule has 0 aliphatic heterocycles. The molecule has 1 aromatic carbocycles. The van der Waals surface area contributed by atoms with Gasteiger partial charge < -0.3 is 14.3 Å². The van der Waals surface area contributed by atoms with Crippen LogP contribution >= 0.6 is 0 Å². The second-order valence-electron chi connectivity index (χ2n) is 7.73. The number of hydrogen-bond donors (Lipinski definition) is 1. The Morgan fingerprint density at radius 1 is 1.19 bits per heavy atom. The molecule has 148 valence electrons. The van der Waals surface area contributed by atoms with Crippen LogP contribution in [0.2, 0.25) is 19.6 Å². The van der Waals surface area contributed by atoms with Crippen LogP contribution in [0.3, 0.4) is 0 Å². The fourth-order valence-corrected chi connectivity index (χ4v) is 4.24. The Labute approximate surface area is 151 Å². The molecule has 0 heterocycles. The van der Waals surface area contributed by atoms with E-state index in [1.165, 1.54) is 52.7 Å². The lowest BCUT2D eigenvalue weighted by Gasteiger charge is -2.42. The normalized spacial score (nSPS) is 15.5. The number of benzene rings is 1. The summed E-state index contributed by atoms with van der Waals surface area (Å²) in [5.41, 5.74) is -4.67. The maximum absolute atomic E-state index is 14.0. The molecule has 0 aliphatic rings. The van der Waals surface area contributed by atoms with Gasteiger partial charge in [-0.3, -0.25) is 0 Å². The molecule has 0 aromatic heterocycles. The molecule has 0 saturated heterocycles. The molecule has 0 spiro atoms. The molecule has 0 bridgehead atoms. The van der Waals surface area contributed by atoms with Gasteiger partial charge in [-0.2, -0.15) is 13.2 Å². The second kappa shape index (κ2) is 7.19. The van der Waals surface area contributed by atoms with Crippen molar-refractivity contribution in [1.29, 1.82) is 0 Å². The summed E-state index contributed by atoms with van der Waals surface area (Å²) >= 11 is 0. The fraction of sp³-hybridized carbons (Fsp3) is 0.588. The van der Waals surface area contributed by atoms with Crippen LogP contribution in [-0.4, -0.2) is 38.3 Å². The summed E-state index contributed by atoms with van der Waals surface area (Å²) in [7, 11) is -1.71. The van der Waals surface area contributed by atoms with Crippen molar-refractivity contribution in [3.8, 4) is 5.75 Å². The van der Waals surface area contributed by atoms with E-state index in [0.717, 1.165) is 6.07 Å². The summed E-state index contributed by atoms with van der Waals surface area (Å²) in [6.45, 7) is 7.24. The summed E-state index contributed by atoms with van der Waals surface area (Å²) in [5.74, 6) is -3.07. The van der Waals surface area contributed by atoms with Gasteiger partial charge in [0.2, 0.25) is 0 Å². The number of para-hydroxylation sites is 1. The summed E-state index contributed by atoms with van der Waals surface area (Å²) in [6, 6.07) is 3.87. The Bertz CT molecular complexity index is 668. The summed E-state index contributed by atoms with van der Waals surface area (Å²) in [4.78, 5) is 11.7. The lowest BCUT2D eigenvalue weighted by Crippen LogP contribution is -2.60. The van der Waals surface area contributed by atoms with Gasteiger partial charge in [0.05, 0.1) is 7.11 Å². The third-order valence-corrected chi connectivity index (χ3v) is 4.84. The van der Waals surface area contributed by atoms with Crippen molar-refractivity contribution in [2.75, 3.05) is 7.11 Å². The minimum atomic E-state index is -5.16. The van der Waals surface area contributed by atoms with Gasteiger partial charge in [-0.05, 0) is 31.1 Å². The predicted molar refractivity (Wildman–Crippen MR) is 91.4 cm³/mol. The van der Waals surface area contributed by atoms with Crippen LogP contribution in [0.1, 0.15) is 25.8 Å². The quantitative estimate of drug-likeness (QED) is 0.534. The highest BCUT2D eigenvalue weighted by Crippen LogP contribution is 2.47. The Morgan fingerprint density at radius 2 is 1.73 bits per heavy atom. The summed E-state index contributed by atoms with van der Waals surface area (Å²) in [5, 5.41) is 9.49. The molecule has 0 amide bonds. The molecule has 4 nitrogen and oxygen atoms in total. The number of halogens is 4. The number of hydrogen-bond acceptors (Lipinski definition) is 3. The summed E-state index contributed by atoms with van der Waals surface area (Å²) < 4.78 is 65.8. The maximum atomic E-state index is 14.0. The van der Waals surface area contributed by atoms with Crippen LogP contribution < -0.4 is 4.74 Å². The van der Waals surface area contributed by atoms with Gasteiger partial charge in [-0.1, -0.05) is 26.0 Å². The van der Waals surface area contributed by atoms with Crippen LogP contribution in [0, 0.1) is 5.82 Å². The minimum absolute atomic E-state index is 0.133. The Morgan fingerprint density at radius 3 is 2.12 bits per heavy atom. The van der Waals surface area contributed by atoms with Gasteiger partial charge in [0.1, 0.15) is 0 Å². The summed E-state index contributed by atoms with van der Waals surface area (Å²) in [6.07, 6.45) is -6.08. The number of carbonyl (C=O) groups is 1. The van der Waals surface area contributed by atoms with Crippen molar-refractivity contribution in [1.82, 2.24) is 0 Å². The number of carboxylic acid groups (broad SMARTS) is 1. The van der Waals surface area contributed by atoms with Gasteiger partial charge in [0.25, 0.3) is 5.60 Å². The van der Waals surface area contributed by atoms with Crippen molar-refractivity contribution in [2.24, 2.45) is 0 Å². The topological polar surface area (TPSA) is 55.8 Å². The van der Waals surface area contributed by atoms with Crippen LogP contribution in [0.25, 0.3) is 0 Å². The van der Waals surface area contributed by atoms with E-state index in [1.54, 1.807) is 0 Å². The standard InChI is InChI=1S/C17H24F4O4Si/c1-15(2,11-8-7-9-12(18)13(11)24-3)10-16(14(22)23,17(19,20)21)25-26(4,5)6/h7-9H,10H2,1-6H3,(H,22,23). The second-order valence-corrected chi connectivity index (χ2v) is 12.2. The fourth-order valence-electron chi connectivity index (χ4n) is 2.92. The molecule has 1 aromatic rings. The molecular weight excluding hydrogens is 372 g/mol. The Balaban J connectivity index is 3.56. The molecule has 9 heteroatoms. The van der Waals surface area contributed by atoms with Crippen LogP contribution in [0.4, 0.5) is 17.6 Å². The number of ether oxygens (including phenoxy) is 1. The zero-order valence-electron chi connectivity index (χ0n) is 15.6. The smallest absolute Gasteiger partial charge is 0.427 e. The molecule has 0 aliphatic carbocycles. The SMILES string of the molecule is COc1c(F)cccc1C(C)(C)CC(O[Si](C)(C)C)(C(=O)O)C(F)(F)F. The van der Waals surface area contributed by atoms with Crippen molar-refractivity contribution >= 4 is 14.3 Å². The average molecular weight is 396 g/mol. The van der Waals surface area contributed by atoms with E-state index in [0.29, 0.717) is 0 Å². The monoisotopic (exact) mass is 396 g/mol. The van der Waals surface area contributed by atoms with Crippen molar-refractivity contribution in [3.05, 3.63) is 29.6 Å². The van der Waals surface area contributed by atoms with Crippen LogP contribution in [0.5, 0.6) is 5.75 Å². The van der Waals surface area contributed by atoms with E-state index in [2.05, 4.69) is 0 Å². The molecule has 1 N–H and O–H groups in total. The van der Waals surface area contributed by atoms with E-state index in [-0.39, 0.29) is 11.3 Å². The molecule has 0 fully saturated rings. The van der Waals surface area contributed by atoms with Crippen LogP contribution in [-0.2, 0) is 14.6 Å². The van der Waals surface area contributed by atoms with Gasteiger partial charge in [-0.15, -0.1) is 0 Å². The van der Waals surface area contributed by atoms with Gasteiger partial charge in [-0.25, -0.2) is 9.18 Å². The molecule has 26 heavy (non-hydrogen) atoms. The number of methoxy groups -OCH3 is 1. The van der Waals surface area contributed by atoms with Crippen molar-refractivity contribution < 1.29 is 36.6 Å². The van der Waals surface area contributed by atoms with Crippen LogP contribution in [0.15, 0.2) is 18.2 Å². The molecular formula is C17H24F4O4Si. The van der Waals surface area contributed by atoms with Gasteiger partial charge >= 0.3 is 12.1 Å². The number of aliphatic carboxylic acids is 1. The zero-order valence-corrected chi connectivity index (χ0v) is 16.6. The lowest BCUT2D eigenvalue weighted by atomic mass is 9.74. The number of carboxylic acids is 1. The lowest BCUT2D eigenvalue weighted by molar-refractivity contribution is -0.259. The van der Waals surface area contributed by atoms with Gasteiger partial charge in [0.15, 0.2) is 19.9 Å². The van der Waals surface area contributed by atoms with Crippen molar-refractivity contribution in [3.63, 3.8) is 0 Å². The average Bonchev–Trinajstić information content (AvgIpc) is 2.43. The van der Waals surface area contributed by atoms with Crippen molar-refractivity contribution in [2.45, 2.75) is 57.1 Å². The Kier molecular flexibility index (Phi) is 6.20. The third-order valence-electron chi connectivity index (χ3n) is 3.87. The maximum Gasteiger partial charge on any atom is 0.427 e. The first-order valence-electron chi connectivity index (χ1n) is 7.91. The predicted octanol–water partition coefficient (Wildman–Crippen LogP) is 4.74. The zero-order chi connectivity index (χ0) is 20.6. The Hall–Kier alpha value is -1.61. The van der Waals surface area contributed by atoms with Gasteiger partial charge in [0, 0.05) is 12.0 Å². The highest BCUT2D eigenvalue weighted by molar-refractivity contribution is 6.70. The number of rotatable bonds is 7. The first-order chi connectivity index (χ1) is 11.6. The molecule has 1 atom stereocenters. The van der Waals surface area contributed by atoms with E-state index in [4.69, 9.17) is 9.16 Å². The minimum Gasteiger partial charge on any atom is -0.493 e. The van der Waals surface area contributed by atoms with E-state index in [1.807, 2.05) is 0 Å². The highest BCUT2D eigenvalue weighted by atomic mass is 28.4. The van der Waals surface area contributed by atoms with E-state index in [9.17, 15) is 27.5 Å². The van der Waals surface area contributed by atoms with E-state index < -0.39 is 43.7 Å². The largest absolute Gasteiger partial charge is 0.493 e. The highest BCUT2D eigenvalue weighted by Gasteiger charge is 2.65. The first kappa shape index (κ1) is 22.4. The third kappa shape index (κ3) is 4.56. The first-order valence-corrected chi connectivity index (χ1v) is 11.3. The molecule has 1 rings (SSSR count). The molecule has 1 unspecified atom stereocenters. The molecule has 0 saturated carbocycles. The molecule has 0 radical (unpaired) electrons. The number of alkyl halides is 3.